The molecule has 2 atom stereocenters. The molecular weight excluding hydrogens is 339 g/mol. The molecule has 0 radical (unpaired) electrons. The Balaban J connectivity index is 3.12. The highest BCUT2D eigenvalue weighted by atomic mass is 35.5. The average Bonchev–Trinajstić information content (AvgIpc) is 2.22. The molecule has 1 rings (SSSR count). The second-order valence-corrected chi connectivity index (χ2v) is 17.0. The van der Waals surface area contributed by atoms with E-state index in [1.165, 1.54) is 0 Å². The molecule has 0 aliphatic heterocycles. The van der Waals surface area contributed by atoms with E-state index in [0.717, 1.165) is 5.56 Å². The Labute approximate surface area is 141 Å². The van der Waals surface area contributed by atoms with Gasteiger partial charge in [-0.15, -0.1) is 0 Å². The van der Waals surface area contributed by atoms with Crippen molar-refractivity contribution in [3.63, 3.8) is 0 Å². The first-order valence-electron chi connectivity index (χ1n) is 7.20. The topological polar surface area (TPSA) is 18.5 Å². The fourth-order valence-electron chi connectivity index (χ4n) is 2.14. The van der Waals surface area contributed by atoms with E-state index in [2.05, 4.69) is 46.2 Å². The van der Waals surface area contributed by atoms with Crippen molar-refractivity contribution in [1.82, 2.24) is 0 Å². The molecule has 0 spiro atoms. The number of hydrogen-bond acceptors (Lipinski definition) is 2. The summed E-state index contributed by atoms with van der Waals surface area (Å²) in [5.74, 6) is 0. The molecular formula is C15H26Cl2O2Si2. The van der Waals surface area contributed by atoms with Crippen LogP contribution in [0.2, 0.25) is 49.3 Å². The van der Waals surface area contributed by atoms with Crippen LogP contribution in [0.25, 0.3) is 0 Å². The molecule has 1 aromatic carbocycles. The predicted octanol–water partition coefficient (Wildman–Crippen LogP) is 6.13. The van der Waals surface area contributed by atoms with Gasteiger partial charge in [-0.05, 0) is 58.3 Å². The van der Waals surface area contributed by atoms with Crippen molar-refractivity contribution in [1.29, 1.82) is 0 Å². The van der Waals surface area contributed by atoms with Gasteiger partial charge in [-0.2, -0.15) is 0 Å². The Hall–Kier alpha value is 0.154. The van der Waals surface area contributed by atoms with Crippen LogP contribution in [0.3, 0.4) is 0 Å². The molecule has 0 aromatic heterocycles. The first-order valence-corrected chi connectivity index (χ1v) is 14.8. The zero-order valence-electron chi connectivity index (χ0n) is 14.0. The SMILES string of the molecule is CC(O[Si](C)(C)C)[C@H](O[Si](C)(C)C)c1ccc(Cl)cc1Cl. The summed E-state index contributed by atoms with van der Waals surface area (Å²) in [6.07, 6.45) is -0.199. The lowest BCUT2D eigenvalue weighted by atomic mass is 10.1. The fraction of sp³-hybridized carbons (Fsp3) is 0.600. The van der Waals surface area contributed by atoms with E-state index in [-0.39, 0.29) is 12.2 Å². The van der Waals surface area contributed by atoms with E-state index in [0.29, 0.717) is 10.0 Å². The summed E-state index contributed by atoms with van der Waals surface area (Å²) >= 11 is 12.4. The Morgan fingerprint density at radius 1 is 0.905 bits per heavy atom. The molecule has 0 bridgehead atoms. The summed E-state index contributed by atoms with van der Waals surface area (Å²) in [6, 6.07) is 5.56. The van der Waals surface area contributed by atoms with E-state index in [9.17, 15) is 0 Å². The van der Waals surface area contributed by atoms with Gasteiger partial charge >= 0.3 is 0 Å². The van der Waals surface area contributed by atoms with Crippen molar-refractivity contribution >= 4 is 39.8 Å². The molecule has 6 heteroatoms. The highest BCUT2D eigenvalue weighted by Gasteiger charge is 2.31. The lowest BCUT2D eigenvalue weighted by molar-refractivity contribution is 0.0550. The third-order valence-electron chi connectivity index (χ3n) is 2.72. The van der Waals surface area contributed by atoms with Crippen LogP contribution in [-0.2, 0) is 8.85 Å². The normalized spacial score (nSPS) is 15.9. The first-order chi connectivity index (χ1) is 9.39. The molecule has 0 aliphatic rings. The average molecular weight is 365 g/mol. The number of benzene rings is 1. The molecule has 1 aromatic rings. The zero-order chi connectivity index (χ0) is 16.4. The maximum Gasteiger partial charge on any atom is 0.184 e. The van der Waals surface area contributed by atoms with Gasteiger partial charge in [0.15, 0.2) is 16.6 Å². The quantitative estimate of drug-likeness (QED) is 0.565. The lowest BCUT2D eigenvalue weighted by Gasteiger charge is -2.35. The van der Waals surface area contributed by atoms with E-state index >= 15 is 0 Å². The van der Waals surface area contributed by atoms with E-state index in [1.54, 1.807) is 6.07 Å². The second-order valence-electron chi connectivity index (χ2n) is 7.25. The van der Waals surface area contributed by atoms with Crippen molar-refractivity contribution in [2.45, 2.75) is 58.4 Å². The van der Waals surface area contributed by atoms with E-state index in [4.69, 9.17) is 32.1 Å². The van der Waals surface area contributed by atoms with Gasteiger partial charge in [0.05, 0.1) is 12.2 Å². The summed E-state index contributed by atoms with van der Waals surface area (Å²) in [7, 11) is -3.39. The van der Waals surface area contributed by atoms with Crippen molar-refractivity contribution < 1.29 is 8.85 Å². The van der Waals surface area contributed by atoms with Gasteiger partial charge in [0, 0.05) is 15.6 Å². The first kappa shape index (κ1) is 19.2. The monoisotopic (exact) mass is 364 g/mol. The van der Waals surface area contributed by atoms with Crippen LogP contribution in [0.15, 0.2) is 18.2 Å². The van der Waals surface area contributed by atoms with Gasteiger partial charge in [0.2, 0.25) is 0 Å². The van der Waals surface area contributed by atoms with Crippen molar-refractivity contribution in [2.75, 3.05) is 0 Å². The molecule has 0 aliphatic carbocycles. The smallest absolute Gasteiger partial charge is 0.184 e. The molecule has 1 unspecified atom stereocenters. The lowest BCUT2D eigenvalue weighted by Crippen LogP contribution is -2.38. The standard InChI is InChI=1S/C15H26Cl2O2Si2/c1-11(18-20(2,3)4)15(19-21(5,6)7)13-9-8-12(16)10-14(13)17/h8-11,15H,1-7H3/t11?,15-/m0/s1. The minimum atomic E-state index is -1.73. The minimum Gasteiger partial charge on any atom is -0.412 e. The third-order valence-corrected chi connectivity index (χ3v) is 5.32. The predicted molar refractivity (Wildman–Crippen MR) is 97.5 cm³/mol. The Morgan fingerprint density at radius 3 is 1.86 bits per heavy atom. The largest absolute Gasteiger partial charge is 0.412 e. The van der Waals surface area contributed by atoms with Crippen LogP contribution < -0.4 is 0 Å². The van der Waals surface area contributed by atoms with Gasteiger partial charge in [-0.3, -0.25) is 0 Å². The van der Waals surface area contributed by atoms with Gasteiger partial charge in [0.25, 0.3) is 0 Å². The van der Waals surface area contributed by atoms with Crippen LogP contribution in [0.4, 0.5) is 0 Å². The minimum absolute atomic E-state index is 0.0398. The third kappa shape index (κ3) is 6.84. The number of halogens is 2. The summed E-state index contributed by atoms with van der Waals surface area (Å²) in [4.78, 5) is 0. The molecule has 0 heterocycles. The second kappa shape index (κ2) is 7.15. The molecule has 0 saturated heterocycles. The van der Waals surface area contributed by atoms with Crippen LogP contribution in [0.5, 0.6) is 0 Å². The molecule has 21 heavy (non-hydrogen) atoms. The fourth-order valence-corrected chi connectivity index (χ4v) is 4.98. The highest BCUT2D eigenvalue weighted by Crippen LogP contribution is 2.34. The maximum atomic E-state index is 6.38. The van der Waals surface area contributed by atoms with Crippen LogP contribution >= 0.6 is 23.2 Å². The summed E-state index contributed by atoms with van der Waals surface area (Å²) in [5.41, 5.74) is 0.953. The van der Waals surface area contributed by atoms with Crippen LogP contribution in [-0.4, -0.2) is 22.7 Å². The van der Waals surface area contributed by atoms with Gasteiger partial charge in [-0.25, -0.2) is 0 Å². The molecule has 120 valence electrons. The summed E-state index contributed by atoms with van der Waals surface area (Å²) < 4.78 is 12.6. The van der Waals surface area contributed by atoms with E-state index < -0.39 is 16.6 Å². The molecule has 0 fully saturated rings. The summed E-state index contributed by atoms with van der Waals surface area (Å²) in [6.45, 7) is 15.1. The van der Waals surface area contributed by atoms with Gasteiger partial charge in [-0.1, -0.05) is 29.3 Å². The van der Waals surface area contributed by atoms with Crippen LogP contribution in [0, 0.1) is 0 Å². The Bertz CT molecular complexity index is 482. The number of rotatable bonds is 6. The van der Waals surface area contributed by atoms with Crippen molar-refractivity contribution in [3.8, 4) is 0 Å². The maximum absolute atomic E-state index is 6.38. The molecule has 0 amide bonds. The molecule has 2 nitrogen and oxygen atoms in total. The van der Waals surface area contributed by atoms with Crippen LogP contribution in [0.1, 0.15) is 18.6 Å². The highest BCUT2D eigenvalue weighted by molar-refractivity contribution is 6.70. The van der Waals surface area contributed by atoms with Crippen molar-refractivity contribution in [3.05, 3.63) is 33.8 Å². The van der Waals surface area contributed by atoms with Gasteiger partial charge < -0.3 is 8.85 Å². The van der Waals surface area contributed by atoms with Crippen molar-refractivity contribution in [2.24, 2.45) is 0 Å². The van der Waals surface area contributed by atoms with E-state index in [1.807, 2.05) is 12.1 Å². The Kier molecular flexibility index (Phi) is 6.54. The molecule has 0 N–H and O–H groups in total. The van der Waals surface area contributed by atoms with Gasteiger partial charge in [0.1, 0.15) is 0 Å². The number of hydrogen-bond donors (Lipinski definition) is 0. The zero-order valence-corrected chi connectivity index (χ0v) is 17.5. The Morgan fingerprint density at radius 2 is 1.43 bits per heavy atom. The summed E-state index contributed by atoms with van der Waals surface area (Å²) in [5, 5.41) is 1.27. The molecule has 0 saturated carbocycles.